The van der Waals surface area contributed by atoms with Crippen molar-refractivity contribution < 1.29 is 0 Å². The first-order chi connectivity index (χ1) is 10.1. The number of hydrogen-bond acceptors (Lipinski definition) is 5. The van der Waals surface area contributed by atoms with E-state index in [0.29, 0.717) is 17.7 Å². The molecule has 1 unspecified atom stereocenters. The summed E-state index contributed by atoms with van der Waals surface area (Å²) in [7, 11) is 0. The Bertz CT molecular complexity index is 648. The van der Waals surface area contributed by atoms with Crippen LogP contribution in [0.15, 0.2) is 5.16 Å². The molecule has 1 aliphatic carbocycles. The first-order valence-corrected chi connectivity index (χ1v) is 9.58. The van der Waals surface area contributed by atoms with Crippen LogP contribution in [0.4, 0.5) is 5.82 Å². The third-order valence-electron chi connectivity index (χ3n) is 4.13. The molecule has 3 rings (SSSR count). The number of thiophene rings is 1. The minimum Gasteiger partial charge on any atom is -0.383 e. The van der Waals surface area contributed by atoms with E-state index in [1.807, 2.05) is 11.3 Å². The molecule has 0 radical (unpaired) electrons. The van der Waals surface area contributed by atoms with Crippen LogP contribution in [0.3, 0.4) is 0 Å². The van der Waals surface area contributed by atoms with Crippen molar-refractivity contribution in [2.24, 2.45) is 5.92 Å². The van der Waals surface area contributed by atoms with Crippen LogP contribution >= 0.6 is 23.1 Å². The van der Waals surface area contributed by atoms with E-state index in [0.717, 1.165) is 21.1 Å². The van der Waals surface area contributed by atoms with Crippen LogP contribution in [-0.2, 0) is 6.42 Å². The number of nitrogens with two attached hydrogens (primary N) is 1. The fourth-order valence-electron chi connectivity index (χ4n) is 2.94. The number of thioether (sulfide) groups is 1. The van der Waals surface area contributed by atoms with Gasteiger partial charge >= 0.3 is 0 Å². The van der Waals surface area contributed by atoms with E-state index < -0.39 is 0 Å². The number of rotatable bonds is 4. The molecule has 0 spiro atoms. The molecule has 0 saturated heterocycles. The number of nitrogens with zero attached hydrogens (tertiary/aromatic N) is 2. The molecule has 0 aliphatic heterocycles. The molecular formula is C16H23N3S2. The maximum absolute atomic E-state index is 6.26. The highest BCUT2D eigenvalue weighted by atomic mass is 32.2. The Kier molecular flexibility index (Phi) is 4.41. The molecule has 1 atom stereocenters. The molecule has 0 saturated carbocycles. The van der Waals surface area contributed by atoms with Crippen molar-refractivity contribution in [1.82, 2.24) is 9.97 Å². The van der Waals surface area contributed by atoms with Crippen LogP contribution in [0.2, 0.25) is 0 Å². The van der Waals surface area contributed by atoms with Gasteiger partial charge in [-0.05, 0) is 43.1 Å². The number of aryl methyl sites for hydroxylation is 1. The highest BCUT2D eigenvalue weighted by molar-refractivity contribution is 7.99. The highest BCUT2D eigenvalue weighted by Crippen LogP contribution is 2.43. The van der Waals surface area contributed by atoms with Crippen molar-refractivity contribution >= 4 is 39.1 Å². The van der Waals surface area contributed by atoms with Gasteiger partial charge in [-0.15, -0.1) is 11.3 Å². The van der Waals surface area contributed by atoms with Crippen molar-refractivity contribution in [3.05, 3.63) is 10.4 Å². The topological polar surface area (TPSA) is 51.8 Å². The van der Waals surface area contributed by atoms with Gasteiger partial charge in [0.15, 0.2) is 5.16 Å². The van der Waals surface area contributed by atoms with Gasteiger partial charge in [0.25, 0.3) is 0 Å². The number of nitrogen functional groups attached to an aromatic ring is 1. The monoisotopic (exact) mass is 321 g/mol. The van der Waals surface area contributed by atoms with Crippen LogP contribution in [0.1, 0.15) is 56.4 Å². The maximum Gasteiger partial charge on any atom is 0.190 e. The van der Waals surface area contributed by atoms with Gasteiger partial charge in [-0.2, -0.15) is 0 Å². The smallest absolute Gasteiger partial charge is 0.190 e. The second-order valence-corrected chi connectivity index (χ2v) is 8.48. The van der Waals surface area contributed by atoms with E-state index in [1.165, 1.54) is 36.1 Å². The van der Waals surface area contributed by atoms with Crippen molar-refractivity contribution in [2.45, 2.75) is 57.5 Å². The standard InChI is InChI=1S/C16H23N3S2/c1-9(2)7-8-20-16-18-14(17)13-12-10(3)5-4-6-11(12)21-15(13)19-16/h9-10H,4-8H2,1-3H3,(H2,17,18,19). The van der Waals surface area contributed by atoms with Gasteiger partial charge in [-0.1, -0.05) is 32.5 Å². The summed E-state index contributed by atoms with van der Waals surface area (Å²) in [6, 6.07) is 0. The van der Waals surface area contributed by atoms with E-state index in [-0.39, 0.29) is 0 Å². The average molecular weight is 322 g/mol. The summed E-state index contributed by atoms with van der Waals surface area (Å²) in [5.74, 6) is 3.05. The summed E-state index contributed by atoms with van der Waals surface area (Å²) in [5.41, 5.74) is 7.69. The number of anilines is 1. The Morgan fingerprint density at radius 1 is 1.38 bits per heavy atom. The minimum absolute atomic E-state index is 0.591. The molecule has 0 amide bonds. The maximum atomic E-state index is 6.26. The Balaban J connectivity index is 1.94. The molecule has 3 nitrogen and oxygen atoms in total. The van der Waals surface area contributed by atoms with Crippen LogP contribution in [-0.4, -0.2) is 15.7 Å². The quantitative estimate of drug-likeness (QED) is 0.646. The molecule has 5 heteroatoms. The van der Waals surface area contributed by atoms with E-state index in [4.69, 9.17) is 10.7 Å². The van der Waals surface area contributed by atoms with Gasteiger partial charge in [0, 0.05) is 10.6 Å². The number of aromatic nitrogens is 2. The molecule has 2 aromatic rings. The lowest BCUT2D eigenvalue weighted by Crippen LogP contribution is -2.05. The molecule has 0 bridgehead atoms. The predicted octanol–water partition coefficient (Wildman–Crippen LogP) is 4.85. The summed E-state index contributed by atoms with van der Waals surface area (Å²) in [6.45, 7) is 6.79. The molecule has 2 heterocycles. The first-order valence-electron chi connectivity index (χ1n) is 7.77. The predicted molar refractivity (Wildman–Crippen MR) is 93.4 cm³/mol. The lowest BCUT2D eigenvalue weighted by molar-refractivity contribution is 0.602. The molecule has 1 aliphatic rings. The molecular weight excluding hydrogens is 298 g/mol. The van der Waals surface area contributed by atoms with Gasteiger partial charge in [-0.25, -0.2) is 9.97 Å². The van der Waals surface area contributed by atoms with Gasteiger partial charge < -0.3 is 5.73 Å². The first kappa shape index (κ1) is 15.1. The zero-order valence-corrected chi connectivity index (χ0v) is 14.6. The second kappa shape index (κ2) is 6.13. The molecule has 0 fully saturated rings. The molecule has 2 N–H and O–H groups in total. The lowest BCUT2D eigenvalue weighted by Gasteiger charge is -2.18. The molecule has 2 aromatic heterocycles. The molecule has 21 heavy (non-hydrogen) atoms. The van der Waals surface area contributed by atoms with Crippen LogP contribution in [0.25, 0.3) is 10.2 Å². The SMILES string of the molecule is CC(C)CCSc1nc(N)c2c3c(sc2n1)CCCC3C. The van der Waals surface area contributed by atoms with Crippen molar-refractivity contribution in [3.8, 4) is 0 Å². The zero-order chi connectivity index (χ0) is 15.0. The molecule has 114 valence electrons. The van der Waals surface area contributed by atoms with Crippen LogP contribution < -0.4 is 5.73 Å². The van der Waals surface area contributed by atoms with E-state index in [9.17, 15) is 0 Å². The highest BCUT2D eigenvalue weighted by Gasteiger charge is 2.24. The van der Waals surface area contributed by atoms with E-state index in [1.54, 1.807) is 11.8 Å². The molecule has 0 aromatic carbocycles. The van der Waals surface area contributed by atoms with Gasteiger partial charge in [0.2, 0.25) is 0 Å². The van der Waals surface area contributed by atoms with E-state index >= 15 is 0 Å². The Morgan fingerprint density at radius 2 is 2.19 bits per heavy atom. The average Bonchev–Trinajstić information content (AvgIpc) is 2.78. The summed E-state index contributed by atoms with van der Waals surface area (Å²) >= 11 is 3.56. The minimum atomic E-state index is 0.591. The summed E-state index contributed by atoms with van der Waals surface area (Å²) in [4.78, 5) is 11.9. The fourth-order valence-corrected chi connectivity index (χ4v) is 5.43. The summed E-state index contributed by atoms with van der Waals surface area (Å²) < 4.78 is 0. The Morgan fingerprint density at radius 3 is 2.95 bits per heavy atom. The number of fused-ring (bicyclic) bond motifs is 3. The third-order valence-corrected chi connectivity index (χ3v) is 6.17. The van der Waals surface area contributed by atoms with Crippen molar-refractivity contribution in [2.75, 3.05) is 11.5 Å². The summed E-state index contributed by atoms with van der Waals surface area (Å²) in [5, 5.41) is 1.97. The Hall–Kier alpha value is -0.810. The fraction of sp³-hybridized carbons (Fsp3) is 0.625. The van der Waals surface area contributed by atoms with Crippen LogP contribution in [0, 0.1) is 5.92 Å². The van der Waals surface area contributed by atoms with Crippen molar-refractivity contribution in [3.63, 3.8) is 0 Å². The zero-order valence-electron chi connectivity index (χ0n) is 13.0. The third kappa shape index (κ3) is 3.04. The van der Waals surface area contributed by atoms with E-state index in [2.05, 4.69) is 25.8 Å². The van der Waals surface area contributed by atoms with Crippen molar-refractivity contribution in [1.29, 1.82) is 0 Å². The summed E-state index contributed by atoms with van der Waals surface area (Å²) in [6.07, 6.45) is 4.90. The lowest BCUT2D eigenvalue weighted by atomic mass is 9.87. The van der Waals surface area contributed by atoms with Gasteiger partial charge in [-0.3, -0.25) is 0 Å². The van der Waals surface area contributed by atoms with Gasteiger partial charge in [0.1, 0.15) is 10.6 Å². The Labute approximate surface area is 134 Å². The van der Waals surface area contributed by atoms with Crippen LogP contribution in [0.5, 0.6) is 0 Å². The number of hydrogen-bond donors (Lipinski definition) is 1. The largest absolute Gasteiger partial charge is 0.383 e. The second-order valence-electron chi connectivity index (χ2n) is 6.33. The normalized spacial score (nSPS) is 18.4. The van der Waals surface area contributed by atoms with Gasteiger partial charge in [0.05, 0.1) is 5.39 Å².